The maximum Gasteiger partial charge on any atom is 0.227 e. The number of carbonyl (C=O) groups excluding carboxylic acids is 1. The number of carbonyl (C=O) groups is 1. The van der Waals surface area contributed by atoms with Crippen LogP contribution in [0.3, 0.4) is 0 Å². The zero-order chi connectivity index (χ0) is 19.3. The predicted molar refractivity (Wildman–Crippen MR) is 110 cm³/mol. The lowest BCUT2D eigenvalue weighted by molar-refractivity contribution is -0.123. The Morgan fingerprint density at radius 1 is 1.22 bits per heavy atom. The largest absolute Gasteiger partial charge is 0.354 e. The van der Waals surface area contributed by atoms with E-state index in [4.69, 9.17) is 11.6 Å². The van der Waals surface area contributed by atoms with Gasteiger partial charge in [-0.05, 0) is 75.5 Å². The van der Waals surface area contributed by atoms with Gasteiger partial charge in [-0.25, -0.2) is 0 Å². The van der Waals surface area contributed by atoms with E-state index in [0.29, 0.717) is 18.0 Å². The van der Waals surface area contributed by atoms with Crippen molar-refractivity contribution in [3.63, 3.8) is 0 Å². The van der Waals surface area contributed by atoms with Crippen LogP contribution in [0.4, 0.5) is 0 Å². The first-order chi connectivity index (χ1) is 13.0. The van der Waals surface area contributed by atoms with Gasteiger partial charge in [0.1, 0.15) is 0 Å². The van der Waals surface area contributed by atoms with Crippen LogP contribution in [0.5, 0.6) is 0 Å². The Hall–Kier alpha value is -1.91. The van der Waals surface area contributed by atoms with Crippen LogP contribution >= 0.6 is 11.6 Å². The van der Waals surface area contributed by atoms with Crippen LogP contribution in [-0.4, -0.2) is 41.0 Å². The van der Waals surface area contributed by atoms with Crippen molar-refractivity contribution in [1.82, 2.24) is 15.2 Å². The summed E-state index contributed by atoms with van der Waals surface area (Å²) in [6.07, 6.45) is 6.67. The highest BCUT2D eigenvalue weighted by Gasteiger charge is 2.30. The van der Waals surface area contributed by atoms with Crippen molar-refractivity contribution in [1.29, 1.82) is 0 Å². The lowest BCUT2D eigenvalue weighted by Gasteiger charge is -2.36. The maximum absolute atomic E-state index is 13.1. The van der Waals surface area contributed by atoms with E-state index in [1.54, 1.807) is 6.20 Å². The third-order valence-electron chi connectivity index (χ3n) is 5.41. The Balaban J connectivity index is 1.73. The van der Waals surface area contributed by atoms with Crippen molar-refractivity contribution >= 4 is 17.5 Å². The topological polar surface area (TPSA) is 45.2 Å². The molecule has 1 aliphatic rings. The summed E-state index contributed by atoms with van der Waals surface area (Å²) in [5.74, 6) is -0.214. The highest BCUT2D eigenvalue weighted by molar-refractivity contribution is 6.30. The van der Waals surface area contributed by atoms with Gasteiger partial charge in [0.15, 0.2) is 0 Å². The minimum Gasteiger partial charge on any atom is -0.354 e. The van der Waals surface area contributed by atoms with E-state index < -0.39 is 0 Å². The van der Waals surface area contributed by atoms with Crippen molar-refractivity contribution in [2.24, 2.45) is 0 Å². The molecule has 1 saturated heterocycles. The van der Waals surface area contributed by atoms with Crippen molar-refractivity contribution in [2.45, 2.75) is 44.6 Å². The van der Waals surface area contributed by atoms with Gasteiger partial charge in [0.05, 0.1) is 5.92 Å². The highest BCUT2D eigenvalue weighted by atomic mass is 35.5. The van der Waals surface area contributed by atoms with Crippen LogP contribution in [0.1, 0.15) is 43.7 Å². The summed E-state index contributed by atoms with van der Waals surface area (Å²) in [5, 5.41) is 3.87. The number of halogens is 1. The highest BCUT2D eigenvalue weighted by Crippen LogP contribution is 2.24. The molecule has 1 aromatic carbocycles. The summed E-state index contributed by atoms with van der Waals surface area (Å²) in [6.45, 7) is 7.27. The first kappa shape index (κ1) is 19.8. The number of pyridine rings is 1. The molecule has 1 amide bonds. The third-order valence-corrected chi connectivity index (χ3v) is 5.66. The van der Waals surface area contributed by atoms with Crippen LogP contribution in [0, 0.1) is 0 Å². The normalized spacial score (nSPS) is 16.3. The Morgan fingerprint density at radius 2 is 1.93 bits per heavy atom. The average molecular weight is 386 g/mol. The van der Waals surface area contributed by atoms with Gasteiger partial charge in [-0.2, -0.15) is 0 Å². The number of aromatic nitrogens is 1. The second-order valence-corrected chi connectivity index (χ2v) is 8.33. The number of benzene rings is 1. The van der Waals surface area contributed by atoms with E-state index in [1.165, 1.54) is 12.8 Å². The van der Waals surface area contributed by atoms with Gasteiger partial charge in [-0.3, -0.25) is 14.7 Å². The van der Waals surface area contributed by atoms with Crippen LogP contribution in [0.15, 0.2) is 48.8 Å². The monoisotopic (exact) mass is 385 g/mol. The quantitative estimate of drug-likeness (QED) is 0.781. The average Bonchev–Trinajstić information content (AvgIpc) is 3.22. The molecule has 0 saturated carbocycles. The third kappa shape index (κ3) is 5.30. The van der Waals surface area contributed by atoms with Crippen LogP contribution in [0.2, 0.25) is 5.02 Å². The molecule has 4 nitrogen and oxygen atoms in total. The minimum absolute atomic E-state index is 0.0367. The van der Waals surface area contributed by atoms with Crippen LogP contribution in [-0.2, 0) is 11.2 Å². The Labute approximate surface area is 166 Å². The molecule has 3 rings (SSSR count). The summed E-state index contributed by atoms with van der Waals surface area (Å²) in [6, 6.07) is 11.5. The molecule has 1 atom stereocenters. The molecule has 1 aliphatic heterocycles. The number of hydrogen-bond donors (Lipinski definition) is 1. The van der Waals surface area contributed by atoms with E-state index in [2.05, 4.69) is 29.0 Å². The van der Waals surface area contributed by atoms with Gasteiger partial charge < -0.3 is 5.32 Å². The number of likely N-dealkylation sites (tertiary alicyclic amines) is 1. The second kappa shape index (κ2) is 8.85. The fourth-order valence-corrected chi connectivity index (χ4v) is 3.80. The number of nitrogens with one attached hydrogen (secondary N) is 1. The first-order valence-electron chi connectivity index (χ1n) is 9.63. The summed E-state index contributed by atoms with van der Waals surface area (Å²) in [4.78, 5) is 19.8. The Bertz CT molecular complexity index is 740. The summed E-state index contributed by atoms with van der Waals surface area (Å²) >= 11 is 6.03. The molecular formula is C22H28ClN3O. The maximum atomic E-state index is 13.1. The predicted octanol–water partition coefficient (Wildman–Crippen LogP) is 4.05. The molecule has 1 fully saturated rings. The van der Waals surface area contributed by atoms with Gasteiger partial charge >= 0.3 is 0 Å². The number of nitrogens with zero attached hydrogens (tertiary/aromatic N) is 2. The molecule has 1 N–H and O–H groups in total. The van der Waals surface area contributed by atoms with Gasteiger partial charge in [0, 0.05) is 29.5 Å². The molecule has 27 heavy (non-hydrogen) atoms. The number of amides is 1. The van der Waals surface area contributed by atoms with Crippen LogP contribution in [0.25, 0.3) is 0 Å². The zero-order valence-electron chi connectivity index (χ0n) is 16.1. The molecule has 144 valence electrons. The molecule has 2 aromatic rings. The Morgan fingerprint density at radius 3 is 2.56 bits per heavy atom. The second-order valence-electron chi connectivity index (χ2n) is 7.89. The van der Waals surface area contributed by atoms with E-state index >= 15 is 0 Å². The Kier molecular flexibility index (Phi) is 6.51. The zero-order valence-corrected chi connectivity index (χ0v) is 16.9. The summed E-state index contributed by atoms with van der Waals surface area (Å²) in [5.41, 5.74) is 1.98. The lowest BCUT2D eigenvalue weighted by Crippen LogP contribution is -2.51. The molecule has 0 spiro atoms. The van der Waals surface area contributed by atoms with Gasteiger partial charge in [-0.15, -0.1) is 0 Å². The smallest absolute Gasteiger partial charge is 0.227 e. The van der Waals surface area contributed by atoms with Crippen molar-refractivity contribution in [2.75, 3.05) is 19.6 Å². The van der Waals surface area contributed by atoms with E-state index in [1.807, 2.05) is 42.6 Å². The molecular weight excluding hydrogens is 358 g/mol. The molecule has 5 heteroatoms. The lowest BCUT2D eigenvalue weighted by atomic mass is 9.91. The van der Waals surface area contributed by atoms with Crippen molar-refractivity contribution in [3.8, 4) is 0 Å². The van der Waals surface area contributed by atoms with Gasteiger partial charge in [0.25, 0.3) is 0 Å². The molecule has 0 aliphatic carbocycles. The van der Waals surface area contributed by atoms with Gasteiger partial charge in [-0.1, -0.05) is 29.8 Å². The minimum atomic E-state index is -0.263. The molecule has 0 radical (unpaired) electrons. The van der Waals surface area contributed by atoms with E-state index in [0.717, 1.165) is 24.2 Å². The molecule has 0 bridgehead atoms. The van der Waals surface area contributed by atoms with Crippen molar-refractivity contribution < 1.29 is 4.79 Å². The molecule has 2 heterocycles. The molecule has 1 unspecified atom stereocenters. The summed E-state index contributed by atoms with van der Waals surface area (Å²) < 4.78 is 0. The summed E-state index contributed by atoms with van der Waals surface area (Å²) in [7, 11) is 0. The SMILES string of the molecule is CC(C)(CNC(=O)C(Cc1cccnc1)c1ccc(Cl)cc1)N1CCCC1. The van der Waals surface area contributed by atoms with Crippen LogP contribution < -0.4 is 5.32 Å². The standard InChI is InChI=1S/C22H28ClN3O/c1-22(2,26-12-3-4-13-26)16-25-21(27)20(14-17-6-5-11-24-15-17)18-7-9-19(23)10-8-18/h5-11,15,20H,3-4,12-14,16H2,1-2H3,(H,25,27). The fraction of sp³-hybridized carbons (Fsp3) is 0.455. The van der Waals surface area contributed by atoms with E-state index in [9.17, 15) is 4.79 Å². The number of rotatable bonds is 7. The van der Waals surface area contributed by atoms with E-state index in [-0.39, 0.29) is 17.4 Å². The van der Waals surface area contributed by atoms with Gasteiger partial charge in [0.2, 0.25) is 5.91 Å². The first-order valence-corrected chi connectivity index (χ1v) is 10.0. The number of hydrogen-bond acceptors (Lipinski definition) is 3. The molecule has 1 aromatic heterocycles. The van der Waals surface area contributed by atoms with Crippen molar-refractivity contribution in [3.05, 3.63) is 64.9 Å². The fourth-order valence-electron chi connectivity index (χ4n) is 3.67.